The first-order chi connectivity index (χ1) is 9.17. The van der Waals surface area contributed by atoms with E-state index in [9.17, 15) is 14.4 Å². The van der Waals surface area contributed by atoms with Crippen molar-refractivity contribution in [3.63, 3.8) is 0 Å². The van der Waals surface area contributed by atoms with Gasteiger partial charge < -0.3 is 19.5 Å². The largest absolute Gasteiger partial charge is 0.461 e. The third kappa shape index (κ3) is 5.73. The lowest BCUT2D eigenvalue weighted by atomic mass is 10.2. The van der Waals surface area contributed by atoms with Gasteiger partial charge in [-0.3, -0.25) is 4.79 Å². The highest BCUT2D eigenvalue weighted by atomic mass is 16.6. The van der Waals surface area contributed by atoms with E-state index in [0.29, 0.717) is 5.57 Å². The molecule has 1 saturated heterocycles. The Hall–Kier alpha value is -2.05. The van der Waals surface area contributed by atoms with Crippen LogP contribution in [0.3, 0.4) is 0 Å². The minimum Gasteiger partial charge on any atom is -0.461 e. The molecule has 7 nitrogen and oxygen atoms in total. The Morgan fingerprint density at radius 2 is 1.90 bits per heavy atom. The van der Waals surface area contributed by atoms with Crippen molar-refractivity contribution in [1.29, 1.82) is 0 Å². The van der Waals surface area contributed by atoms with Gasteiger partial charge in [-0.05, 0) is 26.3 Å². The second kappa shape index (κ2) is 6.40. The van der Waals surface area contributed by atoms with E-state index in [1.165, 1.54) is 0 Å². The minimum absolute atomic E-state index is 0.00866. The standard InChI is InChI=1S/C13H19NO6/c1-8-6-18-10(15)5-9(11(16)19-7-8)14-12(17)20-13(2,3)4/h9H,1,5-7H2,2-4H3,(H,14,17). The van der Waals surface area contributed by atoms with Gasteiger partial charge in [0.25, 0.3) is 0 Å². The number of cyclic esters (lactones) is 2. The molecule has 112 valence electrons. The molecule has 0 radical (unpaired) electrons. The molecule has 0 spiro atoms. The average molecular weight is 285 g/mol. The van der Waals surface area contributed by atoms with Crippen molar-refractivity contribution in [3.05, 3.63) is 12.2 Å². The van der Waals surface area contributed by atoms with Crippen LogP contribution in [0.25, 0.3) is 0 Å². The van der Waals surface area contributed by atoms with E-state index in [1.54, 1.807) is 20.8 Å². The molecule has 0 aliphatic carbocycles. The van der Waals surface area contributed by atoms with E-state index in [4.69, 9.17) is 14.2 Å². The lowest BCUT2D eigenvalue weighted by Gasteiger charge is -2.22. The Bertz CT molecular complexity index is 423. The highest BCUT2D eigenvalue weighted by molar-refractivity contribution is 5.86. The number of esters is 2. The van der Waals surface area contributed by atoms with Crippen molar-refractivity contribution in [1.82, 2.24) is 5.32 Å². The Labute approximate surface area is 117 Å². The van der Waals surface area contributed by atoms with E-state index in [0.717, 1.165) is 0 Å². The molecule has 1 heterocycles. The van der Waals surface area contributed by atoms with Gasteiger partial charge in [-0.2, -0.15) is 0 Å². The summed E-state index contributed by atoms with van der Waals surface area (Å²) in [5.74, 6) is -1.35. The molecule has 0 aromatic carbocycles. The number of hydrogen-bond acceptors (Lipinski definition) is 6. The Morgan fingerprint density at radius 1 is 1.30 bits per heavy atom. The molecule has 1 unspecified atom stereocenters. The van der Waals surface area contributed by atoms with E-state index < -0.39 is 29.7 Å². The first-order valence-electron chi connectivity index (χ1n) is 6.16. The van der Waals surface area contributed by atoms with Crippen molar-refractivity contribution in [3.8, 4) is 0 Å². The third-order valence-electron chi connectivity index (χ3n) is 2.20. The Morgan fingerprint density at radius 3 is 2.50 bits per heavy atom. The lowest BCUT2D eigenvalue weighted by Crippen LogP contribution is -2.45. The molecule has 1 aliphatic rings. The Balaban J connectivity index is 2.69. The van der Waals surface area contributed by atoms with Crippen molar-refractivity contribution in [2.45, 2.75) is 38.8 Å². The Kier molecular flexibility index (Phi) is 5.12. The maximum Gasteiger partial charge on any atom is 0.408 e. The van der Waals surface area contributed by atoms with Crippen LogP contribution in [0.5, 0.6) is 0 Å². The monoisotopic (exact) mass is 285 g/mol. The first-order valence-corrected chi connectivity index (χ1v) is 6.16. The zero-order valence-electron chi connectivity index (χ0n) is 11.9. The van der Waals surface area contributed by atoms with Crippen LogP contribution < -0.4 is 5.32 Å². The fourth-order valence-electron chi connectivity index (χ4n) is 1.37. The second-order valence-electron chi connectivity index (χ2n) is 5.42. The molecule has 1 fully saturated rings. The first kappa shape index (κ1) is 16.0. The van der Waals surface area contributed by atoms with Crippen molar-refractivity contribution in [2.24, 2.45) is 0 Å². The van der Waals surface area contributed by atoms with Crippen LogP contribution in [-0.4, -0.2) is 42.9 Å². The fourth-order valence-corrected chi connectivity index (χ4v) is 1.37. The molecule has 1 N–H and O–H groups in total. The van der Waals surface area contributed by atoms with Crippen LogP contribution in [0.2, 0.25) is 0 Å². The SMILES string of the molecule is C=C1COC(=O)CC(NC(=O)OC(C)(C)C)C(=O)OC1. The summed E-state index contributed by atoms with van der Waals surface area (Å²) in [6.07, 6.45) is -1.11. The highest BCUT2D eigenvalue weighted by Crippen LogP contribution is 2.09. The van der Waals surface area contributed by atoms with Gasteiger partial charge in [-0.1, -0.05) is 6.58 Å². The summed E-state index contributed by atoms with van der Waals surface area (Å²) in [5.41, 5.74) is -0.244. The van der Waals surface area contributed by atoms with E-state index in [1.807, 2.05) is 0 Å². The van der Waals surface area contributed by atoms with Crippen LogP contribution >= 0.6 is 0 Å². The van der Waals surface area contributed by atoms with Crippen LogP contribution in [0, 0.1) is 0 Å². The highest BCUT2D eigenvalue weighted by Gasteiger charge is 2.29. The molecule has 1 rings (SSSR count). The molecule has 1 amide bonds. The van der Waals surface area contributed by atoms with Gasteiger partial charge in [-0.15, -0.1) is 0 Å². The fraction of sp³-hybridized carbons (Fsp3) is 0.615. The van der Waals surface area contributed by atoms with Crippen LogP contribution in [0.1, 0.15) is 27.2 Å². The third-order valence-corrected chi connectivity index (χ3v) is 2.20. The normalized spacial score (nSPS) is 20.9. The molecule has 1 atom stereocenters. The summed E-state index contributed by atoms with van der Waals surface area (Å²) in [7, 11) is 0. The quantitative estimate of drug-likeness (QED) is 0.438. The molecular formula is C13H19NO6. The number of rotatable bonds is 1. The smallest absolute Gasteiger partial charge is 0.408 e. The molecule has 0 bridgehead atoms. The van der Waals surface area contributed by atoms with Crippen LogP contribution in [0.4, 0.5) is 4.79 Å². The minimum atomic E-state index is -1.14. The van der Waals surface area contributed by atoms with E-state index >= 15 is 0 Å². The number of ether oxygens (including phenoxy) is 3. The van der Waals surface area contributed by atoms with Gasteiger partial charge in [0.1, 0.15) is 24.9 Å². The van der Waals surface area contributed by atoms with E-state index in [2.05, 4.69) is 11.9 Å². The zero-order chi connectivity index (χ0) is 15.3. The maximum atomic E-state index is 11.8. The van der Waals surface area contributed by atoms with Gasteiger partial charge in [-0.25, -0.2) is 9.59 Å². The molecule has 7 heteroatoms. The number of nitrogens with one attached hydrogen (secondary N) is 1. The summed E-state index contributed by atoms with van der Waals surface area (Å²) >= 11 is 0. The van der Waals surface area contributed by atoms with Crippen LogP contribution in [-0.2, 0) is 23.8 Å². The van der Waals surface area contributed by atoms with Gasteiger partial charge in [0.2, 0.25) is 0 Å². The predicted octanol–water partition coefficient (Wildman–Crippen LogP) is 0.926. The number of carbonyl (C=O) groups is 3. The van der Waals surface area contributed by atoms with Crippen molar-refractivity contribution < 1.29 is 28.6 Å². The topological polar surface area (TPSA) is 90.9 Å². The average Bonchev–Trinajstić information content (AvgIpc) is 2.34. The number of alkyl carbamates (subject to hydrolysis) is 1. The number of amides is 1. The summed E-state index contributed by atoms with van der Waals surface area (Å²) < 4.78 is 14.8. The molecular weight excluding hydrogens is 266 g/mol. The summed E-state index contributed by atoms with van der Waals surface area (Å²) in [6, 6.07) is -1.14. The van der Waals surface area contributed by atoms with Gasteiger partial charge in [0.05, 0.1) is 6.42 Å². The number of hydrogen-bond donors (Lipinski definition) is 1. The molecule has 20 heavy (non-hydrogen) atoms. The van der Waals surface area contributed by atoms with Crippen molar-refractivity contribution >= 4 is 18.0 Å². The van der Waals surface area contributed by atoms with E-state index in [-0.39, 0.29) is 19.6 Å². The summed E-state index contributed by atoms with van der Waals surface area (Å²) in [5, 5.41) is 2.30. The predicted molar refractivity (Wildman–Crippen MR) is 68.8 cm³/mol. The molecule has 0 saturated carbocycles. The van der Waals surface area contributed by atoms with Crippen LogP contribution in [0.15, 0.2) is 12.2 Å². The van der Waals surface area contributed by atoms with Gasteiger partial charge in [0.15, 0.2) is 0 Å². The lowest BCUT2D eigenvalue weighted by molar-refractivity contribution is -0.149. The molecule has 0 aromatic rings. The van der Waals surface area contributed by atoms with Gasteiger partial charge >= 0.3 is 18.0 Å². The maximum absolute atomic E-state index is 11.8. The van der Waals surface area contributed by atoms with Gasteiger partial charge in [0, 0.05) is 0 Å². The van der Waals surface area contributed by atoms with Crippen molar-refractivity contribution in [2.75, 3.05) is 13.2 Å². The molecule has 0 aromatic heterocycles. The summed E-state index contributed by atoms with van der Waals surface area (Å²) in [6.45, 7) is 8.59. The molecule has 1 aliphatic heterocycles. The second-order valence-corrected chi connectivity index (χ2v) is 5.42. The summed E-state index contributed by atoms with van der Waals surface area (Å²) in [4.78, 5) is 34.9. The number of carbonyl (C=O) groups excluding carboxylic acids is 3. The zero-order valence-corrected chi connectivity index (χ0v) is 11.9.